The van der Waals surface area contributed by atoms with Gasteiger partial charge in [-0.2, -0.15) is 13.2 Å². The van der Waals surface area contributed by atoms with Gasteiger partial charge in [-0.05, 0) is 38.0 Å². The van der Waals surface area contributed by atoms with Gasteiger partial charge in [-0.3, -0.25) is 0 Å². The monoisotopic (exact) mass is 312 g/mol. The summed E-state index contributed by atoms with van der Waals surface area (Å²) in [6.07, 6.45) is -4.92. The lowest BCUT2D eigenvalue weighted by molar-refractivity contribution is -0.136. The number of anilines is 1. The van der Waals surface area contributed by atoms with Crippen molar-refractivity contribution in [1.82, 2.24) is 0 Å². The van der Waals surface area contributed by atoms with Crippen LogP contribution in [0.25, 0.3) is 0 Å². The molecular weight excluding hydrogens is 296 g/mol. The summed E-state index contributed by atoms with van der Waals surface area (Å²) < 4.78 is 49.6. The zero-order chi connectivity index (χ0) is 15.4. The van der Waals surface area contributed by atoms with Crippen molar-refractivity contribution in [3.63, 3.8) is 0 Å². The molecular formula is C13H17ClF4N2. The van der Waals surface area contributed by atoms with Crippen LogP contribution in [-0.2, 0) is 0 Å². The fourth-order valence-electron chi connectivity index (χ4n) is 1.81. The highest BCUT2D eigenvalue weighted by Crippen LogP contribution is 2.29. The average Bonchev–Trinajstić information content (AvgIpc) is 2.32. The van der Waals surface area contributed by atoms with Gasteiger partial charge in [0.05, 0.1) is 10.7 Å². The summed E-state index contributed by atoms with van der Waals surface area (Å²) in [5.74, 6) is -0.480. The molecule has 2 nitrogen and oxygen atoms in total. The molecule has 0 aliphatic carbocycles. The minimum absolute atomic E-state index is 0.0584. The second-order valence-corrected chi connectivity index (χ2v) is 5.39. The lowest BCUT2D eigenvalue weighted by atomic mass is 9.94. The van der Waals surface area contributed by atoms with E-state index >= 15 is 0 Å². The highest BCUT2D eigenvalue weighted by molar-refractivity contribution is 6.33. The van der Waals surface area contributed by atoms with Gasteiger partial charge in [-0.25, -0.2) is 4.39 Å². The van der Waals surface area contributed by atoms with Crippen LogP contribution < -0.4 is 11.1 Å². The molecule has 1 unspecified atom stereocenters. The zero-order valence-electron chi connectivity index (χ0n) is 11.0. The summed E-state index contributed by atoms with van der Waals surface area (Å²) in [4.78, 5) is 0. The predicted octanol–water partition coefficient (Wildman–Crippen LogP) is 4.34. The van der Waals surface area contributed by atoms with Gasteiger partial charge in [0.1, 0.15) is 5.82 Å². The maximum absolute atomic E-state index is 13.2. The Morgan fingerprint density at radius 1 is 1.25 bits per heavy atom. The van der Waals surface area contributed by atoms with E-state index in [-0.39, 0.29) is 19.4 Å². The first-order valence-electron chi connectivity index (χ1n) is 6.15. The molecule has 1 atom stereocenters. The largest absolute Gasteiger partial charge is 0.389 e. The van der Waals surface area contributed by atoms with Crippen LogP contribution in [-0.4, -0.2) is 18.3 Å². The molecule has 0 aliphatic rings. The van der Waals surface area contributed by atoms with Gasteiger partial charge in [0.15, 0.2) is 0 Å². The summed E-state index contributed by atoms with van der Waals surface area (Å²) in [6, 6.07) is 3.78. The second-order valence-electron chi connectivity index (χ2n) is 4.98. The van der Waals surface area contributed by atoms with Crippen LogP contribution in [0.4, 0.5) is 23.2 Å². The Kier molecular flexibility index (Phi) is 5.65. The normalized spacial score (nSPS) is 14.9. The summed E-state index contributed by atoms with van der Waals surface area (Å²) in [5, 5.41) is 3.23. The Bertz CT molecular complexity index is 450. The Labute approximate surface area is 120 Å². The molecule has 7 heteroatoms. The average molecular weight is 313 g/mol. The second kappa shape index (κ2) is 6.63. The number of nitrogens with two attached hydrogens (primary N) is 1. The van der Waals surface area contributed by atoms with Crippen molar-refractivity contribution in [2.45, 2.75) is 37.9 Å². The van der Waals surface area contributed by atoms with Crippen LogP contribution >= 0.6 is 11.6 Å². The van der Waals surface area contributed by atoms with E-state index in [0.29, 0.717) is 10.7 Å². The van der Waals surface area contributed by atoms with Crippen LogP contribution in [0.2, 0.25) is 5.02 Å². The van der Waals surface area contributed by atoms with Crippen LogP contribution in [0.1, 0.15) is 26.2 Å². The number of benzene rings is 1. The first kappa shape index (κ1) is 17.0. The SMILES string of the molecule is CC(CN)(CCCC(F)(F)F)Nc1cc(F)ccc1Cl. The Balaban J connectivity index is 2.71. The molecule has 1 rings (SSSR count). The van der Waals surface area contributed by atoms with E-state index in [0.717, 1.165) is 0 Å². The summed E-state index contributed by atoms with van der Waals surface area (Å²) in [6.45, 7) is 1.79. The van der Waals surface area contributed by atoms with E-state index in [1.807, 2.05) is 0 Å². The third kappa shape index (κ3) is 5.54. The highest BCUT2D eigenvalue weighted by atomic mass is 35.5. The van der Waals surface area contributed by atoms with Crippen LogP contribution in [0.15, 0.2) is 18.2 Å². The number of rotatable bonds is 6. The van der Waals surface area contributed by atoms with Gasteiger partial charge < -0.3 is 11.1 Å². The number of nitrogens with one attached hydrogen (secondary N) is 1. The summed E-state index contributed by atoms with van der Waals surface area (Å²) in [7, 11) is 0. The quantitative estimate of drug-likeness (QED) is 0.767. The minimum Gasteiger partial charge on any atom is -0.377 e. The van der Waals surface area contributed by atoms with E-state index in [1.54, 1.807) is 6.92 Å². The maximum Gasteiger partial charge on any atom is 0.389 e. The topological polar surface area (TPSA) is 38.0 Å². The van der Waals surface area contributed by atoms with Gasteiger partial charge in [0.2, 0.25) is 0 Å². The molecule has 0 aliphatic heterocycles. The molecule has 0 spiro atoms. The van der Waals surface area contributed by atoms with Gasteiger partial charge in [-0.1, -0.05) is 11.6 Å². The molecule has 0 heterocycles. The number of hydrogen-bond donors (Lipinski definition) is 2. The Hall–Kier alpha value is -1.01. The standard InChI is InChI=1S/C13H17ClF4N2/c1-12(8-19,5-2-6-13(16,17)18)20-11-7-9(15)3-4-10(11)14/h3-4,7,20H,2,5-6,8,19H2,1H3. The van der Waals surface area contributed by atoms with Gasteiger partial charge >= 0.3 is 6.18 Å². The van der Waals surface area contributed by atoms with Crippen molar-refractivity contribution >= 4 is 17.3 Å². The third-order valence-corrected chi connectivity index (χ3v) is 3.33. The zero-order valence-corrected chi connectivity index (χ0v) is 11.8. The molecule has 0 radical (unpaired) electrons. The van der Waals surface area contributed by atoms with Gasteiger partial charge in [0, 0.05) is 18.5 Å². The molecule has 0 bridgehead atoms. The van der Waals surface area contributed by atoms with E-state index in [2.05, 4.69) is 5.32 Å². The number of alkyl halides is 3. The number of halogens is 5. The lowest BCUT2D eigenvalue weighted by Crippen LogP contribution is -2.42. The third-order valence-electron chi connectivity index (χ3n) is 3.00. The van der Waals surface area contributed by atoms with Crippen LogP contribution in [0.5, 0.6) is 0 Å². The fourth-order valence-corrected chi connectivity index (χ4v) is 1.98. The molecule has 0 amide bonds. The first-order valence-corrected chi connectivity index (χ1v) is 6.53. The van der Waals surface area contributed by atoms with Gasteiger partial charge in [-0.15, -0.1) is 0 Å². The molecule has 0 fully saturated rings. The smallest absolute Gasteiger partial charge is 0.377 e. The predicted molar refractivity (Wildman–Crippen MR) is 72.4 cm³/mol. The fraction of sp³-hybridized carbons (Fsp3) is 0.538. The Morgan fingerprint density at radius 3 is 2.45 bits per heavy atom. The Morgan fingerprint density at radius 2 is 1.90 bits per heavy atom. The molecule has 0 saturated heterocycles. The minimum atomic E-state index is -4.19. The molecule has 1 aromatic rings. The summed E-state index contributed by atoms with van der Waals surface area (Å²) in [5.41, 5.74) is 5.16. The van der Waals surface area contributed by atoms with Gasteiger partial charge in [0.25, 0.3) is 0 Å². The van der Waals surface area contributed by atoms with Crippen LogP contribution in [0.3, 0.4) is 0 Å². The molecule has 20 heavy (non-hydrogen) atoms. The van der Waals surface area contributed by atoms with E-state index in [9.17, 15) is 17.6 Å². The number of hydrogen-bond acceptors (Lipinski definition) is 2. The lowest BCUT2D eigenvalue weighted by Gasteiger charge is -2.31. The van der Waals surface area contributed by atoms with Crippen LogP contribution in [0, 0.1) is 5.82 Å². The van der Waals surface area contributed by atoms with Crippen molar-refractivity contribution in [3.05, 3.63) is 29.0 Å². The highest BCUT2D eigenvalue weighted by Gasteiger charge is 2.29. The molecule has 0 saturated carbocycles. The molecule has 114 valence electrons. The summed E-state index contributed by atoms with van der Waals surface area (Å²) >= 11 is 5.92. The van der Waals surface area contributed by atoms with E-state index < -0.39 is 24.0 Å². The van der Waals surface area contributed by atoms with Crippen molar-refractivity contribution in [3.8, 4) is 0 Å². The van der Waals surface area contributed by atoms with Crippen molar-refractivity contribution in [2.75, 3.05) is 11.9 Å². The molecule has 0 aromatic heterocycles. The van der Waals surface area contributed by atoms with E-state index in [1.165, 1.54) is 18.2 Å². The molecule has 3 N–H and O–H groups in total. The van der Waals surface area contributed by atoms with Crippen molar-refractivity contribution < 1.29 is 17.6 Å². The van der Waals surface area contributed by atoms with Crippen molar-refractivity contribution in [1.29, 1.82) is 0 Å². The van der Waals surface area contributed by atoms with Crippen molar-refractivity contribution in [2.24, 2.45) is 5.73 Å². The molecule has 1 aromatic carbocycles. The van der Waals surface area contributed by atoms with E-state index in [4.69, 9.17) is 17.3 Å². The first-order chi connectivity index (χ1) is 9.15. The maximum atomic E-state index is 13.2.